The summed E-state index contributed by atoms with van der Waals surface area (Å²) in [6.45, 7) is 3.52. The smallest absolute Gasteiger partial charge is 0.212 e. The average Bonchev–Trinajstić information content (AvgIpc) is 1.86. The van der Waals surface area contributed by atoms with Crippen LogP contribution in [0, 0.1) is 0 Å². The molecule has 1 saturated heterocycles. The zero-order valence-corrected chi connectivity index (χ0v) is 6.52. The molecule has 1 aliphatic rings. The fourth-order valence-corrected chi connectivity index (χ4v) is 2.35. The van der Waals surface area contributed by atoms with Gasteiger partial charge in [0, 0.05) is 6.04 Å². The third-order valence-corrected chi connectivity index (χ3v) is 3.03. The van der Waals surface area contributed by atoms with E-state index in [0.29, 0.717) is 0 Å². The van der Waals surface area contributed by atoms with Crippen LogP contribution >= 0.6 is 0 Å². The van der Waals surface area contributed by atoms with Gasteiger partial charge in [0.05, 0.1) is 5.75 Å². The first kappa shape index (κ1) is 7.75. The second kappa shape index (κ2) is 2.72. The van der Waals surface area contributed by atoms with Crippen molar-refractivity contribution in [3.63, 3.8) is 0 Å². The number of nitrogens with one attached hydrogen (secondary N) is 1. The minimum Gasteiger partial charge on any atom is -0.212 e. The van der Waals surface area contributed by atoms with Crippen molar-refractivity contribution in [3.05, 3.63) is 12.7 Å². The molecule has 0 aromatic carbocycles. The van der Waals surface area contributed by atoms with Gasteiger partial charge in [0.1, 0.15) is 0 Å². The first-order valence-corrected chi connectivity index (χ1v) is 4.92. The van der Waals surface area contributed by atoms with Crippen LogP contribution in [0.5, 0.6) is 0 Å². The Morgan fingerprint density at radius 2 is 2.30 bits per heavy atom. The molecule has 10 heavy (non-hydrogen) atoms. The molecule has 0 aromatic heterocycles. The Labute approximate surface area is 61.2 Å². The van der Waals surface area contributed by atoms with Gasteiger partial charge in [-0.1, -0.05) is 6.08 Å². The summed E-state index contributed by atoms with van der Waals surface area (Å²) in [5.41, 5.74) is 0. The summed E-state index contributed by atoms with van der Waals surface area (Å²) in [5, 5.41) is 0. The van der Waals surface area contributed by atoms with Crippen molar-refractivity contribution >= 4 is 10.0 Å². The average molecular weight is 161 g/mol. The summed E-state index contributed by atoms with van der Waals surface area (Å²) in [6, 6.07) is -0.0428. The Morgan fingerprint density at radius 3 is 2.70 bits per heavy atom. The number of rotatable bonds is 1. The van der Waals surface area contributed by atoms with Gasteiger partial charge in [-0.2, -0.15) is 0 Å². The highest BCUT2D eigenvalue weighted by molar-refractivity contribution is 7.89. The molecule has 4 heteroatoms. The quantitative estimate of drug-likeness (QED) is 0.560. The van der Waals surface area contributed by atoms with Gasteiger partial charge in [0.2, 0.25) is 10.0 Å². The highest BCUT2D eigenvalue weighted by Gasteiger charge is 2.20. The molecule has 1 aliphatic heterocycles. The third kappa shape index (κ3) is 1.82. The summed E-state index contributed by atoms with van der Waals surface area (Å²) in [7, 11) is -2.97. The number of sulfonamides is 1. The summed E-state index contributed by atoms with van der Waals surface area (Å²) >= 11 is 0. The van der Waals surface area contributed by atoms with Crippen LogP contribution in [0.1, 0.15) is 12.8 Å². The van der Waals surface area contributed by atoms with E-state index in [1.165, 1.54) is 0 Å². The van der Waals surface area contributed by atoms with E-state index in [2.05, 4.69) is 11.3 Å². The highest BCUT2D eigenvalue weighted by atomic mass is 32.2. The predicted octanol–water partition coefficient (Wildman–Crippen LogP) is 0.254. The van der Waals surface area contributed by atoms with Gasteiger partial charge in [-0.3, -0.25) is 0 Å². The zero-order valence-electron chi connectivity index (χ0n) is 5.71. The molecule has 0 amide bonds. The van der Waals surface area contributed by atoms with Crippen LogP contribution in [-0.2, 0) is 10.0 Å². The van der Waals surface area contributed by atoms with Gasteiger partial charge in [-0.15, -0.1) is 6.58 Å². The fraction of sp³-hybridized carbons (Fsp3) is 0.667. The van der Waals surface area contributed by atoms with Crippen LogP contribution in [0.3, 0.4) is 0 Å². The maximum Gasteiger partial charge on any atom is 0.212 e. The summed E-state index contributed by atoms with van der Waals surface area (Å²) < 4.78 is 24.2. The Morgan fingerprint density at radius 1 is 1.60 bits per heavy atom. The highest BCUT2D eigenvalue weighted by Crippen LogP contribution is 2.08. The molecule has 0 saturated carbocycles. The standard InChI is InChI=1S/C6H11NO2S/c1-2-6-4-3-5-10(8,9)7-6/h2,6-7H,1,3-5H2. The van der Waals surface area contributed by atoms with Crippen molar-refractivity contribution in [2.24, 2.45) is 0 Å². The van der Waals surface area contributed by atoms with E-state index >= 15 is 0 Å². The molecule has 0 aromatic rings. The van der Waals surface area contributed by atoms with E-state index in [1.54, 1.807) is 6.08 Å². The molecule has 1 fully saturated rings. The van der Waals surface area contributed by atoms with E-state index in [-0.39, 0.29) is 11.8 Å². The molecule has 1 heterocycles. The van der Waals surface area contributed by atoms with Gasteiger partial charge >= 0.3 is 0 Å². The van der Waals surface area contributed by atoms with Crippen LogP contribution in [0.2, 0.25) is 0 Å². The maximum absolute atomic E-state index is 10.9. The molecular formula is C6H11NO2S. The second-order valence-corrected chi connectivity index (χ2v) is 4.29. The molecule has 3 nitrogen and oxygen atoms in total. The summed E-state index contributed by atoms with van der Waals surface area (Å²) in [6.07, 6.45) is 3.26. The minimum absolute atomic E-state index is 0.0428. The van der Waals surface area contributed by atoms with Crippen molar-refractivity contribution in [3.8, 4) is 0 Å². The Bertz CT molecular complexity index is 220. The van der Waals surface area contributed by atoms with Gasteiger partial charge < -0.3 is 0 Å². The Kier molecular flexibility index (Phi) is 2.11. The molecule has 1 unspecified atom stereocenters. The Balaban J connectivity index is 2.65. The first-order valence-electron chi connectivity index (χ1n) is 3.26. The van der Waals surface area contributed by atoms with Crippen LogP contribution in [0.15, 0.2) is 12.7 Å². The molecule has 1 atom stereocenters. The minimum atomic E-state index is -2.97. The van der Waals surface area contributed by atoms with Crippen LogP contribution in [0.25, 0.3) is 0 Å². The van der Waals surface area contributed by atoms with E-state index < -0.39 is 10.0 Å². The lowest BCUT2D eigenvalue weighted by molar-refractivity contribution is 0.535. The summed E-state index contributed by atoms with van der Waals surface area (Å²) in [5.74, 6) is 0.261. The second-order valence-electron chi connectivity index (χ2n) is 2.42. The normalized spacial score (nSPS) is 31.4. The van der Waals surface area contributed by atoms with Crippen LogP contribution in [0.4, 0.5) is 0 Å². The molecule has 0 spiro atoms. The van der Waals surface area contributed by atoms with Crippen LogP contribution in [-0.4, -0.2) is 20.2 Å². The van der Waals surface area contributed by atoms with Crippen molar-refractivity contribution in [1.82, 2.24) is 4.72 Å². The first-order chi connectivity index (χ1) is 4.64. The third-order valence-electron chi connectivity index (χ3n) is 1.54. The topological polar surface area (TPSA) is 46.2 Å². The largest absolute Gasteiger partial charge is 0.212 e. The van der Waals surface area contributed by atoms with Gasteiger partial charge in [-0.25, -0.2) is 13.1 Å². The molecule has 58 valence electrons. The van der Waals surface area contributed by atoms with Crippen molar-refractivity contribution in [1.29, 1.82) is 0 Å². The Hall–Kier alpha value is -0.350. The number of hydrogen-bond donors (Lipinski definition) is 1. The molecular weight excluding hydrogens is 150 g/mol. The van der Waals surface area contributed by atoms with E-state index in [4.69, 9.17) is 0 Å². The summed E-state index contributed by atoms with van der Waals surface area (Å²) in [4.78, 5) is 0. The van der Waals surface area contributed by atoms with Crippen molar-refractivity contribution < 1.29 is 8.42 Å². The van der Waals surface area contributed by atoms with Crippen molar-refractivity contribution in [2.45, 2.75) is 18.9 Å². The molecule has 1 rings (SSSR count). The zero-order chi connectivity index (χ0) is 7.61. The fourth-order valence-electron chi connectivity index (χ4n) is 1.01. The SMILES string of the molecule is C=CC1CCCS(=O)(=O)N1. The van der Waals surface area contributed by atoms with E-state index in [9.17, 15) is 8.42 Å². The number of hydrogen-bond acceptors (Lipinski definition) is 2. The molecule has 0 bridgehead atoms. The van der Waals surface area contributed by atoms with Crippen molar-refractivity contribution in [2.75, 3.05) is 5.75 Å². The van der Waals surface area contributed by atoms with Gasteiger partial charge in [-0.05, 0) is 12.8 Å². The maximum atomic E-state index is 10.9. The molecule has 1 N–H and O–H groups in total. The molecule has 0 radical (unpaired) electrons. The molecule has 0 aliphatic carbocycles. The lowest BCUT2D eigenvalue weighted by atomic mass is 10.2. The lowest BCUT2D eigenvalue weighted by Gasteiger charge is -2.19. The van der Waals surface area contributed by atoms with Gasteiger partial charge in [0.25, 0.3) is 0 Å². The predicted molar refractivity (Wildman–Crippen MR) is 40.1 cm³/mol. The van der Waals surface area contributed by atoms with E-state index in [0.717, 1.165) is 12.8 Å². The van der Waals surface area contributed by atoms with E-state index in [1.807, 2.05) is 0 Å². The van der Waals surface area contributed by atoms with Crippen LogP contribution < -0.4 is 4.72 Å². The van der Waals surface area contributed by atoms with Gasteiger partial charge in [0.15, 0.2) is 0 Å². The monoisotopic (exact) mass is 161 g/mol. The lowest BCUT2D eigenvalue weighted by Crippen LogP contribution is -2.39.